The Balaban J connectivity index is 2.06. The topological polar surface area (TPSA) is 47.3 Å². The van der Waals surface area contributed by atoms with Gasteiger partial charge in [-0.05, 0) is 19.1 Å². The molecule has 0 aromatic carbocycles. The largest absolute Gasteiger partial charge is 0.485 e. The molecule has 0 radical (unpaired) electrons. The van der Waals surface area contributed by atoms with E-state index in [1.165, 1.54) is 0 Å². The summed E-state index contributed by atoms with van der Waals surface area (Å²) in [6, 6.07) is 6.15. The van der Waals surface area contributed by atoms with E-state index in [2.05, 4.69) is 24.1 Å². The van der Waals surface area contributed by atoms with Crippen molar-refractivity contribution in [3.63, 3.8) is 0 Å². The van der Waals surface area contributed by atoms with Gasteiger partial charge in [0.15, 0.2) is 0 Å². The Hall–Kier alpha value is -1.81. The molecular formula is C15H20N2O2. The first-order valence-electron chi connectivity index (χ1n) is 6.49. The number of nitrogens with zero attached hydrogens (tertiary/aromatic N) is 1. The number of furan rings is 1. The van der Waals surface area contributed by atoms with E-state index in [1.807, 2.05) is 31.3 Å². The van der Waals surface area contributed by atoms with E-state index >= 15 is 0 Å². The second kappa shape index (κ2) is 6.38. The predicted molar refractivity (Wildman–Crippen MR) is 74.0 cm³/mol. The molecule has 2 aromatic heterocycles. The first-order valence-corrected chi connectivity index (χ1v) is 6.49. The summed E-state index contributed by atoms with van der Waals surface area (Å²) >= 11 is 0. The Morgan fingerprint density at radius 1 is 1.42 bits per heavy atom. The summed E-state index contributed by atoms with van der Waals surface area (Å²) in [6.45, 7) is 7.37. The predicted octanol–water partition coefficient (Wildman–Crippen LogP) is 3.06. The van der Waals surface area contributed by atoms with Crippen molar-refractivity contribution in [1.82, 2.24) is 10.3 Å². The van der Waals surface area contributed by atoms with Gasteiger partial charge in [-0.25, -0.2) is 0 Å². The fourth-order valence-electron chi connectivity index (χ4n) is 1.69. The first-order chi connectivity index (χ1) is 9.15. The molecule has 0 amide bonds. The molecule has 0 aliphatic carbocycles. The average molecular weight is 260 g/mol. The SMILES string of the molecule is Cc1cc(OCc2ccco2)c(CNC(C)C)cn1. The van der Waals surface area contributed by atoms with Gasteiger partial charge in [-0.15, -0.1) is 0 Å². The molecule has 0 bridgehead atoms. The molecule has 0 aliphatic rings. The lowest BCUT2D eigenvalue weighted by molar-refractivity contribution is 0.266. The van der Waals surface area contributed by atoms with Gasteiger partial charge < -0.3 is 14.5 Å². The Morgan fingerprint density at radius 2 is 2.26 bits per heavy atom. The van der Waals surface area contributed by atoms with E-state index < -0.39 is 0 Å². The average Bonchev–Trinajstić information content (AvgIpc) is 2.88. The monoisotopic (exact) mass is 260 g/mol. The third-order valence-electron chi connectivity index (χ3n) is 2.73. The summed E-state index contributed by atoms with van der Waals surface area (Å²) in [5.41, 5.74) is 2.01. The van der Waals surface area contributed by atoms with E-state index in [4.69, 9.17) is 9.15 Å². The maximum atomic E-state index is 5.82. The third-order valence-corrected chi connectivity index (χ3v) is 2.73. The molecule has 0 saturated carbocycles. The van der Waals surface area contributed by atoms with E-state index in [-0.39, 0.29) is 0 Å². The summed E-state index contributed by atoms with van der Waals surface area (Å²) < 4.78 is 11.1. The van der Waals surface area contributed by atoms with Gasteiger partial charge in [0.25, 0.3) is 0 Å². The molecule has 2 aromatic rings. The lowest BCUT2D eigenvalue weighted by Gasteiger charge is -2.13. The highest BCUT2D eigenvalue weighted by molar-refractivity contribution is 5.33. The summed E-state index contributed by atoms with van der Waals surface area (Å²) in [7, 11) is 0. The van der Waals surface area contributed by atoms with E-state index in [9.17, 15) is 0 Å². The highest BCUT2D eigenvalue weighted by Crippen LogP contribution is 2.20. The van der Waals surface area contributed by atoms with Crippen molar-refractivity contribution >= 4 is 0 Å². The molecule has 4 heteroatoms. The van der Waals surface area contributed by atoms with Crippen LogP contribution in [0.1, 0.15) is 30.9 Å². The zero-order valence-electron chi connectivity index (χ0n) is 11.6. The van der Waals surface area contributed by atoms with Crippen molar-refractivity contribution in [2.45, 2.75) is 40.0 Å². The first kappa shape index (κ1) is 13.6. The number of aryl methyl sites for hydroxylation is 1. The van der Waals surface area contributed by atoms with Crippen molar-refractivity contribution in [2.24, 2.45) is 0 Å². The Morgan fingerprint density at radius 3 is 2.95 bits per heavy atom. The van der Waals surface area contributed by atoms with Crippen molar-refractivity contribution in [1.29, 1.82) is 0 Å². The highest BCUT2D eigenvalue weighted by Gasteiger charge is 2.07. The summed E-state index contributed by atoms with van der Waals surface area (Å²) in [6.07, 6.45) is 3.51. The molecule has 0 saturated heterocycles. The van der Waals surface area contributed by atoms with E-state index in [1.54, 1.807) is 6.26 Å². The molecule has 0 unspecified atom stereocenters. The third kappa shape index (κ3) is 4.10. The van der Waals surface area contributed by atoms with Crippen LogP contribution in [0.25, 0.3) is 0 Å². The zero-order chi connectivity index (χ0) is 13.7. The van der Waals surface area contributed by atoms with Gasteiger partial charge in [0.2, 0.25) is 0 Å². The molecule has 1 N–H and O–H groups in total. The van der Waals surface area contributed by atoms with Gasteiger partial charge in [-0.2, -0.15) is 0 Å². The fourth-order valence-corrected chi connectivity index (χ4v) is 1.69. The minimum Gasteiger partial charge on any atom is -0.485 e. The standard InChI is InChI=1S/C15H20N2O2/c1-11(2)16-8-13-9-17-12(3)7-15(13)19-10-14-5-4-6-18-14/h4-7,9,11,16H,8,10H2,1-3H3. The van der Waals surface area contributed by atoms with Crippen molar-refractivity contribution < 1.29 is 9.15 Å². The maximum absolute atomic E-state index is 5.82. The number of nitrogens with one attached hydrogen (secondary N) is 1. The van der Waals surface area contributed by atoms with E-state index in [0.29, 0.717) is 12.6 Å². The van der Waals surface area contributed by atoms with Crippen LogP contribution in [0.2, 0.25) is 0 Å². The fraction of sp³-hybridized carbons (Fsp3) is 0.400. The van der Waals surface area contributed by atoms with Gasteiger partial charge in [0.1, 0.15) is 18.1 Å². The van der Waals surface area contributed by atoms with E-state index in [0.717, 1.165) is 29.3 Å². The second-order valence-corrected chi connectivity index (χ2v) is 4.84. The summed E-state index contributed by atoms with van der Waals surface area (Å²) in [5, 5.41) is 3.37. The normalized spacial score (nSPS) is 10.9. The van der Waals surface area contributed by atoms with Crippen LogP contribution in [-0.4, -0.2) is 11.0 Å². The van der Waals surface area contributed by atoms with Crippen LogP contribution in [0.4, 0.5) is 0 Å². The van der Waals surface area contributed by atoms with Crippen LogP contribution in [-0.2, 0) is 13.2 Å². The number of aromatic nitrogens is 1. The van der Waals surface area contributed by atoms with Crippen LogP contribution in [0.5, 0.6) is 5.75 Å². The molecule has 0 fully saturated rings. The number of hydrogen-bond acceptors (Lipinski definition) is 4. The maximum Gasteiger partial charge on any atom is 0.146 e. The van der Waals surface area contributed by atoms with Crippen LogP contribution < -0.4 is 10.1 Å². The summed E-state index contributed by atoms with van der Waals surface area (Å²) in [5.74, 6) is 1.68. The van der Waals surface area contributed by atoms with Crippen LogP contribution in [0.3, 0.4) is 0 Å². The van der Waals surface area contributed by atoms with Crippen LogP contribution in [0, 0.1) is 6.92 Å². The number of hydrogen-bond donors (Lipinski definition) is 1. The van der Waals surface area contributed by atoms with Crippen molar-refractivity contribution in [3.05, 3.63) is 47.7 Å². The molecule has 0 atom stereocenters. The Bertz CT molecular complexity index is 507. The quantitative estimate of drug-likeness (QED) is 0.867. The minimum atomic E-state index is 0.430. The molecule has 19 heavy (non-hydrogen) atoms. The minimum absolute atomic E-state index is 0.430. The van der Waals surface area contributed by atoms with Gasteiger partial charge in [0.05, 0.1) is 6.26 Å². The van der Waals surface area contributed by atoms with Gasteiger partial charge >= 0.3 is 0 Å². The van der Waals surface area contributed by atoms with Gasteiger partial charge in [0, 0.05) is 36.1 Å². The summed E-state index contributed by atoms with van der Waals surface area (Å²) in [4.78, 5) is 4.32. The van der Waals surface area contributed by atoms with Crippen molar-refractivity contribution in [2.75, 3.05) is 0 Å². The smallest absolute Gasteiger partial charge is 0.146 e. The zero-order valence-corrected chi connectivity index (χ0v) is 11.6. The molecule has 4 nitrogen and oxygen atoms in total. The highest BCUT2D eigenvalue weighted by atomic mass is 16.5. The molecule has 0 spiro atoms. The number of rotatable bonds is 6. The molecular weight excluding hydrogens is 240 g/mol. The number of pyridine rings is 1. The Labute approximate surface area is 113 Å². The molecule has 2 heterocycles. The molecule has 0 aliphatic heterocycles. The lowest BCUT2D eigenvalue weighted by atomic mass is 10.2. The van der Waals surface area contributed by atoms with Gasteiger partial charge in [-0.1, -0.05) is 13.8 Å². The van der Waals surface area contributed by atoms with Crippen molar-refractivity contribution in [3.8, 4) is 5.75 Å². The lowest BCUT2D eigenvalue weighted by Crippen LogP contribution is -2.22. The van der Waals surface area contributed by atoms with Gasteiger partial charge in [-0.3, -0.25) is 4.98 Å². The molecule has 2 rings (SSSR count). The number of ether oxygens (including phenoxy) is 1. The second-order valence-electron chi connectivity index (χ2n) is 4.84. The van der Waals surface area contributed by atoms with Crippen LogP contribution in [0.15, 0.2) is 35.1 Å². The Kier molecular flexibility index (Phi) is 4.58. The van der Waals surface area contributed by atoms with Crippen LogP contribution >= 0.6 is 0 Å². The molecule has 102 valence electrons.